The van der Waals surface area contributed by atoms with Crippen molar-refractivity contribution < 1.29 is 9.18 Å². The van der Waals surface area contributed by atoms with Gasteiger partial charge in [-0.3, -0.25) is 9.89 Å². The number of amides is 1. The number of aromatic amines is 1. The van der Waals surface area contributed by atoms with Crippen LogP contribution >= 0.6 is 12.4 Å². The van der Waals surface area contributed by atoms with E-state index in [1.165, 1.54) is 12.1 Å². The molecule has 158 valence electrons. The van der Waals surface area contributed by atoms with Gasteiger partial charge in [0.15, 0.2) is 5.69 Å². The van der Waals surface area contributed by atoms with Crippen molar-refractivity contribution in [3.63, 3.8) is 0 Å². The van der Waals surface area contributed by atoms with Gasteiger partial charge >= 0.3 is 0 Å². The number of nitrogens with one attached hydrogen (secondary N) is 3. The largest absolute Gasteiger partial charge is 0.369 e. The molecule has 1 fully saturated rings. The molecule has 1 atom stereocenters. The molecule has 9 heteroatoms. The number of carbonyl (C=O) groups is 1. The normalized spacial score (nSPS) is 18.0. The molecule has 1 unspecified atom stereocenters. The molecule has 0 spiro atoms. The summed E-state index contributed by atoms with van der Waals surface area (Å²) in [5.41, 5.74) is 4.13. The summed E-state index contributed by atoms with van der Waals surface area (Å²) in [6.45, 7) is 7.10. The van der Waals surface area contributed by atoms with Crippen LogP contribution in [0.25, 0.3) is 0 Å². The summed E-state index contributed by atoms with van der Waals surface area (Å²) >= 11 is 0. The third kappa shape index (κ3) is 4.55. The van der Waals surface area contributed by atoms with Crippen LogP contribution < -0.4 is 15.5 Å². The quantitative estimate of drug-likeness (QED) is 0.701. The molecule has 29 heavy (non-hydrogen) atoms. The Morgan fingerprint density at radius 2 is 2.03 bits per heavy atom. The van der Waals surface area contributed by atoms with Crippen LogP contribution in [0.15, 0.2) is 18.2 Å². The van der Waals surface area contributed by atoms with E-state index in [2.05, 4.69) is 37.7 Å². The molecule has 7 nitrogen and oxygen atoms in total. The summed E-state index contributed by atoms with van der Waals surface area (Å²) < 4.78 is 14.0. The van der Waals surface area contributed by atoms with E-state index in [9.17, 15) is 9.18 Å². The molecule has 1 saturated heterocycles. The van der Waals surface area contributed by atoms with Crippen molar-refractivity contribution in [3.05, 3.63) is 46.5 Å². The van der Waals surface area contributed by atoms with Gasteiger partial charge < -0.3 is 20.4 Å². The molecule has 1 aromatic carbocycles. The number of carbonyl (C=O) groups excluding carboxylic acids is 1. The first-order valence-corrected chi connectivity index (χ1v) is 9.83. The molecule has 0 aliphatic carbocycles. The number of nitrogens with zero attached hydrogens (tertiary/aromatic N) is 3. The van der Waals surface area contributed by atoms with Crippen LogP contribution in [0.4, 0.5) is 10.1 Å². The second-order valence-corrected chi connectivity index (χ2v) is 7.64. The Labute approximate surface area is 176 Å². The number of rotatable bonds is 4. The van der Waals surface area contributed by atoms with Gasteiger partial charge in [0.1, 0.15) is 5.82 Å². The lowest BCUT2D eigenvalue weighted by Crippen LogP contribution is -2.45. The Balaban J connectivity index is 0.00000240. The van der Waals surface area contributed by atoms with Gasteiger partial charge in [-0.2, -0.15) is 5.10 Å². The number of halogens is 2. The van der Waals surface area contributed by atoms with Crippen molar-refractivity contribution in [3.8, 4) is 0 Å². The Kier molecular flexibility index (Phi) is 6.77. The van der Waals surface area contributed by atoms with Gasteiger partial charge in [0.2, 0.25) is 0 Å². The van der Waals surface area contributed by atoms with E-state index in [-0.39, 0.29) is 30.2 Å². The number of piperazine rings is 1. The van der Waals surface area contributed by atoms with E-state index in [4.69, 9.17) is 0 Å². The maximum absolute atomic E-state index is 14.0. The van der Waals surface area contributed by atoms with Crippen LogP contribution in [0.3, 0.4) is 0 Å². The fourth-order valence-electron chi connectivity index (χ4n) is 3.96. The number of anilines is 1. The maximum Gasteiger partial charge on any atom is 0.272 e. The van der Waals surface area contributed by atoms with E-state index in [1.54, 1.807) is 0 Å². The summed E-state index contributed by atoms with van der Waals surface area (Å²) in [5.74, 6) is -0.530. The van der Waals surface area contributed by atoms with Crippen molar-refractivity contribution in [1.29, 1.82) is 0 Å². The fourth-order valence-corrected chi connectivity index (χ4v) is 3.96. The molecule has 2 aliphatic heterocycles. The topological polar surface area (TPSA) is 76.3 Å². The van der Waals surface area contributed by atoms with E-state index < -0.39 is 0 Å². The number of H-pyrrole nitrogens is 1. The van der Waals surface area contributed by atoms with Gasteiger partial charge in [-0.25, -0.2) is 4.39 Å². The predicted molar refractivity (Wildman–Crippen MR) is 113 cm³/mol. The SMILES string of the molecule is CC(NC(=O)c1n[nH]c2c1CNCC2)c1cc(F)ccc1N1CCN(C)CC1.Cl. The summed E-state index contributed by atoms with van der Waals surface area (Å²) in [4.78, 5) is 17.4. The molecule has 3 N–H and O–H groups in total. The Hall–Kier alpha value is -2.16. The summed E-state index contributed by atoms with van der Waals surface area (Å²) in [6, 6.07) is 4.50. The van der Waals surface area contributed by atoms with Crippen molar-refractivity contribution in [2.45, 2.75) is 25.9 Å². The predicted octanol–water partition coefficient (Wildman–Crippen LogP) is 1.86. The molecule has 0 radical (unpaired) electrons. The zero-order valence-corrected chi connectivity index (χ0v) is 17.6. The first kappa shape index (κ1) is 21.5. The number of likely N-dealkylation sites (N-methyl/N-ethyl adjacent to an activating group) is 1. The Morgan fingerprint density at radius 1 is 1.28 bits per heavy atom. The molecule has 0 bridgehead atoms. The molecular formula is C20H28ClFN6O. The van der Waals surface area contributed by atoms with Crippen LogP contribution in [0.1, 0.15) is 40.3 Å². The molecular weight excluding hydrogens is 395 g/mol. The molecule has 2 aromatic rings. The van der Waals surface area contributed by atoms with Gasteiger partial charge in [-0.05, 0) is 32.2 Å². The zero-order chi connectivity index (χ0) is 19.7. The first-order valence-electron chi connectivity index (χ1n) is 9.83. The highest BCUT2D eigenvalue weighted by Gasteiger charge is 2.25. The highest BCUT2D eigenvalue weighted by atomic mass is 35.5. The van der Waals surface area contributed by atoms with E-state index >= 15 is 0 Å². The highest BCUT2D eigenvalue weighted by Crippen LogP contribution is 2.29. The lowest BCUT2D eigenvalue weighted by atomic mass is 10.0. The van der Waals surface area contributed by atoms with Gasteiger partial charge in [0.05, 0.1) is 6.04 Å². The Bertz CT molecular complexity index is 865. The lowest BCUT2D eigenvalue weighted by Gasteiger charge is -2.36. The van der Waals surface area contributed by atoms with Crippen molar-refractivity contribution in [1.82, 2.24) is 25.7 Å². The summed E-state index contributed by atoms with van der Waals surface area (Å²) in [7, 11) is 2.10. The average Bonchev–Trinajstić information content (AvgIpc) is 3.13. The van der Waals surface area contributed by atoms with Crippen LogP contribution in [-0.2, 0) is 13.0 Å². The van der Waals surface area contributed by atoms with Gasteiger partial charge in [0.25, 0.3) is 5.91 Å². The number of benzene rings is 1. The number of hydrogen-bond acceptors (Lipinski definition) is 5. The van der Waals surface area contributed by atoms with Gasteiger partial charge in [-0.15, -0.1) is 12.4 Å². The van der Waals surface area contributed by atoms with E-state index in [0.29, 0.717) is 12.2 Å². The second-order valence-electron chi connectivity index (χ2n) is 7.64. The minimum Gasteiger partial charge on any atom is -0.369 e. The molecule has 3 heterocycles. The lowest BCUT2D eigenvalue weighted by molar-refractivity contribution is 0.0933. The maximum atomic E-state index is 14.0. The van der Waals surface area contributed by atoms with E-state index in [0.717, 1.165) is 61.7 Å². The third-order valence-electron chi connectivity index (χ3n) is 5.67. The van der Waals surface area contributed by atoms with Crippen molar-refractivity contribution in [2.75, 3.05) is 44.7 Å². The molecule has 1 amide bonds. The van der Waals surface area contributed by atoms with Crippen molar-refractivity contribution in [2.24, 2.45) is 0 Å². The van der Waals surface area contributed by atoms with Gasteiger partial charge in [-0.1, -0.05) is 0 Å². The standard InChI is InChI=1S/C20H27FN6O.ClH/c1-13(23-20(28)19-16-12-22-6-5-17(16)24-25-19)15-11-14(21)3-4-18(15)27-9-7-26(2)8-10-27;/h3-4,11,13,22H,5-10,12H2,1-2H3,(H,23,28)(H,24,25);1H. The summed E-state index contributed by atoms with van der Waals surface area (Å²) in [5, 5.41) is 13.5. The second kappa shape index (κ2) is 9.11. The van der Waals surface area contributed by atoms with Crippen LogP contribution in [0.2, 0.25) is 0 Å². The number of aromatic nitrogens is 2. The molecule has 2 aliphatic rings. The van der Waals surface area contributed by atoms with E-state index in [1.807, 2.05) is 13.0 Å². The highest BCUT2D eigenvalue weighted by molar-refractivity contribution is 5.94. The average molecular weight is 423 g/mol. The van der Waals surface area contributed by atoms with Gasteiger partial charge in [0, 0.05) is 68.2 Å². The monoisotopic (exact) mass is 422 g/mol. The smallest absolute Gasteiger partial charge is 0.272 e. The first-order chi connectivity index (χ1) is 13.5. The molecule has 0 saturated carbocycles. The Morgan fingerprint density at radius 3 is 2.79 bits per heavy atom. The minimum absolute atomic E-state index is 0. The number of hydrogen-bond donors (Lipinski definition) is 3. The minimum atomic E-state index is -0.332. The molecule has 1 aromatic heterocycles. The zero-order valence-electron chi connectivity index (χ0n) is 16.8. The van der Waals surface area contributed by atoms with Crippen LogP contribution in [0.5, 0.6) is 0 Å². The van der Waals surface area contributed by atoms with Crippen LogP contribution in [-0.4, -0.2) is 60.8 Å². The van der Waals surface area contributed by atoms with Crippen molar-refractivity contribution >= 4 is 24.0 Å². The molecule has 4 rings (SSSR count). The number of fused-ring (bicyclic) bond motifs is 1. The summed E-state index contributed by atoms with van der Waals surface area (Å²) in [6.07, 6.45) is 0.836. The third-order valence-corrected chi connectivity index (χ3v) is 5.67. The van der Waals surface area contributed by atoms with Crippen LogP contribution in [0, 0.1) is 5.82 Å². The fraction of sp³-hybridized carbons (Fsp3) is 0.500.